The summed E-state index contributed by atoms with van der Waals surface area (Å²) in [5.74, 6) is 0.370. The average molecular weight is 731 g/mol. The van der Waals surface area contributed by atoms with E-state index in [2.05, 4.69) is 175 Å². The molecule has 0 unspecified atom stereocenters. The zero-order valence-corrected chi connectivity index (χ0v) is 32.9. The van der Waals surface area contributed by atoms with Crippen molar-refractivity contribution < 1.29 is 0 Å². The SMILES string of the molecule is C1CCC1.CC1=C(/C(C(=N)n2c3ccccc3c3cc4c(C)n(c5ccccc5cc32)c2ccccc42)=C(\C)N)C=CCC=C1.Cc1ccc2ccccc2c1. The number of para-hydroxylation sites is 3. The van der Waals surface area contributed by atoms with Gasteiger partial charge in [0.25, 0.3) is 0 Å². The summed E-state index contributed by atoms with van der Waals surface area (Å²) in [6.07, 6.45) is 15.4. The molecule has 0 spiro atoms. The number of rotatable bonds is 2. The minimum absolute atomic E-state index is 0.370. The lowest BCUT2D eigenvalue weighted by atomic mass is 9.97. The third kappa shape index (κ3) is 6.88. The van der Waals surface area contributed by atoms with E-state index >= 15 is 0 Å². The predicted octanol–water partition coefficient (Wildman–Crippen LogP) is 13.8. The van der Waals surface area contributed by atoms with E-state index in [-0.39, 0.29) is 0 Å². The molecule has 2 aliphatic carbocycles. The van der Waals surface area contributed by atoms with Gasteiger partial charge in [-0.15, -0.1) is 0 Å². The van der Waals surface area contributed by atoms with Gasteiger partial charge in [0, 0.05) is 43.9 Å². The molecule has 2 aliphatic rings. The smallest absolute Gasteiger partial charge is 0.139 e. The normalized spacial score (nSPS) is 14.3. The highest BCUT2D eigenvalue weighted by molar-refractivity contribution is 6.20. The average Bonchev–Trinajstić information content (AvgIpc) is 3.54. The first kappa shape index (κ1) is 36.6. The van der Waals surface area contributed by atoms with E-state index in [1.807, 2.05) is 13.0 Å². The van der Waals surface area contributed by atoms with Crippen molar-refractivity contribution in [1.82, 2.24) is 8.97 Å². The number of aryl methyl sites for hydroxylation is 2. The molecule has 0 aliphatic heterocycles. The Balaban J connectivity index is 0.000000243. The Kier molecular flexibility index (Phi) is 10.3. The third-order valence-electron chi connectivity index (χ3n) is 11.2. The molecule has 5 aromatic carbocycles. The molecule has 4 heteroatoms. The van der Waals surface area contributed by atoms with Crippen molar-refractivity contribution in [2.24, 2.45) is 5.73 Å². The Morgan fingerprint density at radius 2 is 1.14 bits per heavy atom. The van der Waals surface area contributed by atoms with E-state index < -0.39 is 0 Å². The number of aromatic nitrogens is 2. The zero-order chi connectivity index (χ0) is 38.8. The lowest BCUT2D eigenvalue weighted by Crippen LogP contribution is -2.18. The molecule has 8 aromatic rings. The maximum Gasteiger partial charge on any atom is 0.139 e. The Morgan fingerprint density at radius 1 is 0.554 bits per heavy atom. The van der Waals surface area contributed by atoms with Crippen LogP contribution in [0, 0.1) is 19.3 Å². The Morgan fingerprint density at radius 3 is 1.84 bits per heavy atom. The lowest BCUT2D eigenvalue weighted by molar-refractivity contribution is 0.504. The highest BCUT2D eigenvalue weighted by atomic mass is 15.0. The van der Waals surface area contributed by atoms with Crippen molar-refractivity contribution in [1.29, 1.82) is 5.41 Å². The van der Waals surface area contributed by atoms with Gasteiger partial charge in [-0.25, -0.2) is 0 Å². The van der Waals surface area contributed by atoms with Gasteiger partial charge in [0.05, 0.1) is 22.1 Å². The first-order valence-electron chi connectivity index (χ1n) is 19.9. The molecule has 56 heavy (non-hydrogen) atoms. The van der Waals surface area contributed by atoms with Crippen LogP contribution in [-0.4, -0.2) is 14.8 Å². The first-order valence-corrected chi connectivity index (χ1v) is 19.9. The zero-order valence-electron chi connectivity index (χ0n) is 32.9. The van der Waals surface area contributed by atoms with Crippen LogP contribution in [0.25, 0.3) is 59.8 Å². The third-order valence-corrected chi connectivity index (χ3v) is 11.2. The Bertz CT molecular complexity index is 2950. The fraction of sp³-hybridized carbons (Fsp3) is 0.173. The topological polar surface area (TPSA) is 59.2 Å². The Labute approximate surface area is 329 Å². The highest BCUT2D eigenvalue weighted by Gasteiger charge is 2.21. The molecule has 0 amide bonds. The van der Waals surface area contributed by atoms with Gasteiger partial charge in [-0.2, -0.15) is 0 Å². The Hall–Kier alpha value is -6.39. The van der Waals surface area contributed by atoms with Gasteiger partial charge in [0.15, 0.2) is 0 Å². The second-order valence-corrected chi connectivity index (χ2v) is 15.2. The van der Waals surface area contributed by atoms with E-state index in [1.165, 1.54) is 64.0 Å². The van der Waals surface area contributed by atoms with E-state index in [1.54, 1.807) is 0 Å². The number of nitrogens with two attached hydrogens (primary N) is 1. The van der Waals surface area contributed by atoms with Gasteiger partial charge < -0.3 is 10.1 Å². The van der Waals surface area contributed by atoms with Crippen LogP contribution in [-0.2, 0) is 0 Å². The molecule has 4 nitrogen and oxygen atoms in total. The number of nitrogens with one attached hydrogen (secondary N) is 1. The molecule has 3 N–H and O–H groups in total. The fourth-order valence-corrected chi connectivity index (χ4v) is 8.02. The van der Waals surface area contributed by atoms with Gasteiger partial charge >= 0.3 is 0 Å². The number of hydrogen-bond donors (Lipinski definition) is 2. The van der Waals surface area contributed by atoms with Gasteiger partial charge in [-0.1, -0.05) is 153 Å². The van der Waals surface area contributed by atoms with Crippen molar-refractivity contribution in [3.05, 3.63) is 185 Å². The second kappa shape index (κ2) is 15.8. The molecule has 3 aromatic heterocycles. The van der Waals surface area contributed by atoms with Crippen LogP contribution in [0.3, 0.4) is 0 Å². The summed E-state index contributed by atoms with van der Waals surface area (Å²) in [4.78, 5) is 0. The summed E-state index contributed by atoms with van der Waals surface area (Å²) in [5.41, 5.74) is 16.8. The predicted molar refractivity (Wildman–Crippen MR) is 242 cm³/mol. The van der Waals surface area contributed by atoms with Gasteiger partial charge in [-0.3, -0.25) is 9.98 Å². The monoisotopic (exact) mass is 730 g/mol. The summed E-state index contributed by atoms with van der Waals surface area (Å²) >= 11 is 0. The molecule has 278 valence electrons. The first-order chi connectivity index (χ1) is 27.3. The van der Waals surface area contributed by atoms with Crippen LogP contribution in [0.2, 0.25) is 0 Å². The van der Waals surface area contributed by atoms with Crippen LogP contribution < -0.4 is 5.73 Å². The summed E-state index contributed by atoms with van der Waals surface area (Å²) in [7, 11) is 0. The van der Waals surface area contributed by atoms with Crippen molar-refractivity contribution in [2.45, 2.75) is 59.8 Å². The molecule has 1 saturated carbocycles. The summed E-state index contributed by atoms with van der Waals surface area (Å²) in [6.45, 7) is 8.31. The number of fused-ring (bicyclic) bond motifs is 11. The van der Waals surface area contributed by atoms with Gasteiger partial charge in [0.1, 0.15) is 5.84 Å². The summed E-state index contributed by atoms with van der Waals surface area (Å²) < 4.78 is 4.45. The van der Waals surface area contributed by atoms with Crippen molar-refractivity contribution in [3.8, 4) is 0 Å². The largest absolute Gasteiger partial charge is 0.402 e. The summed E-state index contributed by atoms with van der Waals surface area (Å²) in [6, 6.07) is 45.0. The minimum Gasteiger partial charge on any atom is -0.402 e. The van der Waals surface area contributed by atoms with Crippen LogP contribution in [0.15, 0.2) is 174 Å². The minimum atomic E-state index is 0.370. The number of allylic oxidation sites excluding steroid dienone is 8. The number of nitrogens with zero attached hydrogens (tertiary/aromatic N) is 2. The molecular weight excluding hydrogens is 681 g/mol. The van der Waals surface area contributed by atoms with Crippen LogP contribution in [0.1, 0.15) is 57.2 Å². The molecule has 0 saturated heterocycles. The fourth-order valence-electron chi connectivity index (χ4n) is 8.02. The van der Waals surface area contributed by atoms with Crippen molar-refractivity contribution in [2.75, 3.05) is 0 Å². The van der Waals surface area contributed by atoms with E-state index in [0.717, 1.165) is 55.8 Å². The highest BCUT2D eigenvalue weighted by Crippen LogP contribution is 2.36. The maximum atomic E-state index is 9.76. The molecule has 0 atom stereocenters. The lowest BCUT2D eigenvalue weighted by Gasteiger charge is -2.17. The standard InChI is InChI=1S/C37H32N4.C11H10.C4H8/c1-23-13-5-4-6-15-27(23)36(24(2)38)37(39)41-34-20-12-9-17-29(34)31-22-30-25(3)40(33-19-11-8-16-28(30)33)32-18-10-7-14-26(32)21-35(31)41;1-9-6-7-10-4-2-3-5-11(10)8-9;1-2-4-3-1/h5-22,39H,4,38H2,1-3H3;2-8H,1H3;1-4H2/b31-22?,35-21?,36-24-,39-37?;;. The van der Waals surface area contributed by atoms with Crippen LogP contribution in [0.4, 0.5) is 0 Å². The molecule has 0 radical (unpaired) electrons. The quantitative estimate of drug-likeness (QED) is 0.135. The molecule has 3 heterocycles. The van der Waals surface area contributed by atoms with Crippen LogP contribution >= 0.6 is 0 Å². The maximum absolute atomic E-state index is 9.76. The molecule has 10 rings (SSSR count). The van der Waals surface area contributed by atoms with E-state index in [0.29, 0.717) is 11.5 Å². The van der Waals surface area contributed by atoms with Crippen LogP contribution in [0.5, 0.6) is 0 Å². The number of benzene rings is 5. The van der Waals surface area contributed by atoms with E-state index in [4.69, 9.17) is 5.73 Å². The molecule has 2 bridgehead atoms. The van der Waals surface area contributed by atoms with Crippen molar-refractivity contribution in [3.63, 3.8) is 0 Å². The van der Waals surface area contributed by atoms with Crippen molar-refractivity contribution >= 4 is 65.6 Å². The molecular formula is C52H50N4. The van der Waals surface area contributed by atoms with Gasteiger partial charge in [0.2, 0.25) is 0 Å². The second-order valence-electron chi connectivity index (χ2n) is 15.2. The molecule has 1 fully saturated rings. The van der Waals surface area contributed by atoms with E-state index in [9.17, 15) is 5.41 Å². The van der Waals surface area contributed by atoms with Gasteiger partial charge in [-0.05, 0) is 86.4 Å². The summed E-state index contributed by atoms with van der Waals surface area (Å²) in [5, 5.41) is 18.1. The number of hydrogen-bond acceptors (Lipinski definition) is 2.